The molecule has 11 heavy (non-hydrogen) atoms. The van der Waals surface area contributed by atoms with Gasteiger partial charge in [0.1, 0.15) is 0 Å². The molecule has 0 heterocycles. The number of rotatable bonds is 4. The molecule has 68 valence electrons. The molecule has 0 atom stereocenters. The third-order valence-corrected chi connectivity index (χ3v) is 28.8. The van der Waals surface area contributed by atoms with Crippen LogP contribution in [0.2, 0.25) is 19.8 Å². The van der Waals surface area contributed by atoms with Crippen molar-refractivity contribution < 1.29 is 4.49 Å². The van der Waals surface area contributed by atoms with Gasteiger partial charge in [0.25, 0.3) is 0 Å². The van der Waals surface area contributed by atoms with Gasteiger partial charge in [0.2, 0.25) is 0 Å². The molecule has 0 aliphatic heterocycles. The molecule has 0 N–H and O–H groups in total. The van der Waals surface area contributed by atoms with Gasteiger partial charge in [0.15, 0.2) is 0 Å². The molecule has 0 aromatic rings. The Morgan fingerprint density at radius 2 is 1.64 bits per heavy atom. The maximum atomic E-state index is 6.11. The third-order valence-electron chi connectivity index (χ3n) is 0.980. The van der Waals surface area contributed by atoms with Crippen LogP contribution in [0.4, 0.5) is 0 Å². The average Bonchev–Trinajstić information content (AvgIpc) is 1.55. The van der Waals surface area contributed by atoms with Crippen LogP contribution in [0, 0.1) is 0 Å². The molecule has 0 spiro atoms. The fourth-order valence-electron chi connectivity index (χ4n) is 0.962. The van der Waals surface area contributed by atoms with E-state index < -0.39 is 36.9 Å². The van der Waals surface area contributed by atoms with Crippen molar-refractivity contribution >= 4 is 45.8 Å². The van der Waals surface area contributed by atoms with Gasteiger partial charge in [0, 0.05) is 0 Å². The topological polar surface area (TPSA) is 18.5 Å². The summed E-state index contributed by atoms with van der Waals surface area (Å²) in [6.07, 6.45) is 0. The Labute approximate surface area is 82.7 Å². The zero-order valence-corrected chi connectivity index (χ0v) is 14.4. The monoisotopic (exact) mass is 396 g/mol. The minimum atomic E-state index is -2.58. The Hall–Kier alpha value is 1.81. The van der Waals surface area contributed by atoms with Gasteiger partial charge in [-0.15, -0.1) is 0 Å². The molecule has 0 rings (SSSR count). The number of halogens is 1. The van der Waals surface area contributed by atoms with Crippen molar-refractivity contribution in [2.75, 3.05) is 6.61 Å². The van der Waals surface area contributed by atoms with Crippen LogP contribution in [-0.2, 0) is 4.49 Å². The van der Waals surface area contributed by atoms with Crippen molar-refractivity contribution in [2.24, 2.45) is 0 Å². The maximum absolute atomic E-state index is 6.11. The van der Waals surface area contributed by atoms with Crippen LogP contribution >= 0.6 is 8.92 Å². The number of hydrogen-bond donors (Lipinski definition) is 0. The molecule has 0 bridgehead atoms. The Kier molecular flexibility index (Phi) is 5.68. The molecule has 0 aromatic heterocycles. The summed E-state index contributed by atoms with van der Waals surface area (Å²) in [6, 6.07) is 0. The second-order valence-corrected chi connectivity index (χ2v) is 30.5. The van der Waals surface area contributed by atoms with E-state index in [1.54, 1.807) is 0 Å². The van der Waals surface area contributed by atoms with E-state index in [2.05, 4.69) is 9.88 Å². The first kappa shape index (κ1) is 12.8. The van der Waals surface area contributed by atoms with Crippen molar-refractivity contribution in [1.82, 2.24) is 0 Å². The first-order chi connectivity index (χ1) is 4.77. The van der Waals surface area contributed by atoms with Gasteiger partial charge in [-0.25, -0.2) is 0 Å². The molecule has 0 amide bonds. The van der Waals surface area contributed by atoms with Crippen molar-refractivity contribution in [2.45, 2.75) is 26.7 Å². The van der Waals surface area contributed by atoms with Crippen LogP contribution in [0.1, 0.15) is 6.92 Å². The first-order valence-electron chi connectivity index (χ1n) is 3.80. The van der Waals surface area contributed by atoms with Gasteiger partial charge >= 0.3 is 83.6 Å². The van der Waals surface area contributed by atoms with Gasteiger partial charge in [0.05, 0.1) is 0 Å². The summed E-state index contributed by atoms with van der Waals surface area (Å²) in [5.74, 6) is 0. The molecule has 5 heteroatoms. The van der Waals surface area contributed by atoms with E-state index in [-0.39, 0.29) is 0 Å². The van der Waals surface area contributed by atoms with Crippen molar-refractivity contribution in [3.8, 4) is 0 Å². The Bertz CT molecular complexity index is 122. The summed E-state index contributed by atoms with van der Waals surface area (Å²) >= 11 is -5.14. The predicted molar refractivity (Wildman–Crippen MR) is 53.5 cm³/mol. The second kappa shape index (κ2) is 4.88. The van der Waals surface area contributed by atoms with Crippen molar-refractivity contribution in [3.63, 3.8) is 0 Å². The van der Waals surface area contributed by atoms with Crippen LogP contribution in [0.5, 0.6) is 0 Å². The fourth-order valence-corrected chi connectivity index (χ4v) is 38.3. The van der Waals surface area contributed by atoms with E-state index >= 15 is 0 Å². The molecular formula is C6H17ClO2Sn2. The minimum absolute atomic E-state index is 0.752. The van der Waals surface area contributed by atoms with Crippen molar-refractivity contribution in [1.29, 1.82) is 0 Å². The van der Waals surface area contributed by atoms with Gasteiger partial charge in [-0.2, -0.15) is 0 Å². The fraction of sp³-hybridized carbons (Fsp3) is 1.00. The van der Waals surface area contributed by atoms with E-state index in [1.807, 2.05) is 16.8 Å². The molecule has 2 nitrogen and oxygen atoms in total. The Balaban J connectivity index is 3.91. The zero-order chi connectivity index (χ0) is 9.12. The molecule has 0 aromatic carbocycles. The molecule has 0 saturated heterocycles. The van der Waals surface area contributed by atoms with E-state index in [4.69, 9.17) is 13.4 Å². The quantitative estimate of drug-likeness (QED) is 0.683. The summed E-state index contributed by atoms with van der Waals surface area (Å²) in [5.41, 5.74) is 0. The molecule has 0 unspecified atom stereocenters. The van der Waals surface area contributed by atoms with Gasteiger partial charge in [-0.1, -0.05) is 0 Å². The van der Waals surface area contributed by atoms with Crippen LogP contribution < -0.4 is 0 Å². The molecule has 0 fully saturated rings. The standard InChI is InChI=1S/C2H5O.4CH3.ClH.O.2Sn/c1-2-3;;;;;;;;/h2H2,1H3;4*1H3;1H;;;/q-1;;;;;;;2*+1/p-1. The summed E-state index contributed by atoms with van der Waals surface area (Å²) in [6.45, 7) is 2.75. The number of hydrogen-bond acceptors (Lipinski definition) is 2. The van der Waals surface area contributed by atoms with Gasteiger partial charge in [-0.05, 0) is 0 Å². The van der Waals surface area contributed by atoms with Crippen LogP contribution in [0.25, 0.3) is 0 Å². The molecule has 0 aliphatic carbocycles. The summed E-state index contributed by atoms with van der Waals surface area (Å²) in [7, 11) is 6.11. The predicted octanol–water partition coefficient (Wildman–Crippen LogP) is 2.68. The molecule has 0 saturated carbocycles. The Morgan fingerprint density at radius 3 is 1.91 bits per heavy atom. The van der Waals surface area contributed by atoms with E-state index in [0.29, 0.717) is 0 Å². The second-order valence-electron chi connectivity index (χ2n) is 3.30. The first-order valence-corrected chi connectivity index (χ1v) is 22.3. The summed E-state index contributed by atoms with van der Waals surface area (Å²) in [4.78, 5) is 8.32. The summed E-state index contributed by atoms with van der Waals surface area (Å²) < 4.78 is 11.4. The van der Waals surface area contributed by atoms with E-state index in [9.17, 15) is 0 Å². The third kappa shape index (κ3) is 8.15. The van der Waals surface area contributed by atoms with Crippen LogP contribution in [-0.4, -0.2) is 43.5 Å². The Morgan fingerprint density at radius 1 is 1.18 bits per heavy atom. The normalized spacial score (nSPS) is 13.6. The summed E-state index contributed by atoms with van der Waals surface area (Å²) in [5, 5.41) is 0. The van der Waals surface area contributed by atoms with Gasteiger partial charge < -0.3 is 0 Å². The van der Waals surface area contributed by atoms with E-state index in [0.717, 1.165) is 6.61 Å². The molecule has 0 radical (unpaired) electrons. The van der Waals surface area contributed by atoms with Crippen molar-refractivity contribution in [3.05, 3.63) is 0 Å². The van der Waals surface area contributed by atoms with Crippen LogP contribution in [0.3, 0.4) is 0 Å². The van der Waals surface area contributed by atoms with Crippen LogP contribution in [0.15, 0.2) is 0 Å². The average molecular weight is 394 g/mol. The molecular weight excluding hydrogens is 377 g/mol. The van der Waals surface area contributed by atoms with E-state index in [1.165, 1.54) is 0 Å². The SMILES string of the molecule is CC[O][Sn]([CH3])([CH3])[O][Sn]([CH3])([CH3])[Cl]. The van der Waals surface area contributed by atoms with Gasteiger partial charge in [-0.3, -0.25) is 0 Å². The molecule has 0 aliphatic rings. The zero-order valence-electron chi connectivity index (χ0n) is 7.90.